The molecule has 0 aliphatic carbocycles. The van der Waals surface area contributed by atoms with Crippen LogP contribution in [0.3, 0.4) is 0 Å². The second kappa shape index (κ2) is 45.9. The van der Waals surface area contributed by atoms with Crippen LogP contribution in [-0.2, 0) is 14.3 Å². The first kappa shape index (κ1) is 55.8. The number of aliphatic hydroxyl groups excluding tert-OH is 2. The lowest BCUT2D eigenvalue weighted by Crippen LogP contribution is -2.46. The highest BCUT2D eigenvalue weighted by Crippen LogP contribution is 2.16. The standard InChI is InChI=1S/C53H89NO5/c1-4-7-10-13-16-19-22-24-25-26-28-30-33-36-39-42-45-51(56)50(48-55)54-52(57)47-49(44-41-38-35-32-29-21-18-15-12-9-6-3)59-53(58)46-43-40-37-34-31-27-23-20-17-14-11-8-5-2/h8-9,11-12,14-15,17-18,20-21,23,29,32,35,38,41,49-51,55-56H,4-7,10,13,16,19,22,24-28,30-31,33-34,36-37,39-40,42-48H2,1-3H3,(H,54,57)/b11-8+,12-9+,17-14+,18-15+,23-20-,29-21-,35-32-,41-38+. The molecule has 59 heavy (non-hydrogen) atoms. The van der Waals surface area contributed by atoms with Gasteiger partial charge in [-0.3, -0.25) is 9.59 Å². The third-order valence-electron chi connectivity index (χ3n) is 10.3. The Bertz CT molecular complexity index is 1190. The zero-order valence-electron chi connectivity index (χ0n) is 38.1. The first-order chi connectivity index (χ1) is 29.0. The molecule has 0 saturated heterocycles. The minimum absolute atomic E-state index is 0.0321. The number of amides is 1. The van der Waals surface area contributed by atoms with Gasteiger partial charge in [0, 0.05) is 12.8 Å². The van der Waals surface area contributed by atoms with Gasteiger partial charge in [0.1, 0.15) is 6.10 Å². The van der Waals surface area contributed by atoms with E-state index in [4.69, 9.17) is 4.74 Å². The van der Waals surface area contributed by atoms with Crippen molar-refractivity contribution in [3.8, 4) is 0 Å². The number of nitrogens with one attached hydrogen (secondary N) is 1. The SMILES string of the molecule is CC/C=C/C=C/C=C\C=C/C=C/CC(CC(=O)NC(CO)C(O)CCCCCCCCCCCCCCCCCC)OC(=O)CCCCCCC\C=C/C=C/C=C/CC. The molecule has 3 atom stereocenters. The highest BCUT2D eigenvalue weighted by Gasteiger charge is 2.23. The normalized spacial score (nSPS) is 14.2. The van der Waals surface area contributed by atoms with Crippen molar-refractivity contribution < 1.29 is 24.5 Å². The summed E-state index contributed by atoms with van der Waals surface area (Å²) in [6.45, 7) is 6.15. The fourth-order valence-electron chi connectivity index (χ4n) is 6.74. The van der Waals surface area contributed by atoms with Gasteiger partial charge < -0.3 is 20.3 Å². The Balaban J connectivity index is 4.67. The Morgan fingerprint density at radius 1 is 0.525 bits per heavy atom. The summed E-state index contributed by atoms with van der Waals surface area (Å²) in [5, 5.41) is 23.7. The summed E-state index contributed by atoms with van der Waals surface area (Å²) in [6, 6.07) is -0.748. The number of carbonyl (C=O) groups excluding carboxylic acids is 2. The van der Waals surface area contributed by atoms with Crippen molar-refractivity contribution in [2.45, 2.75) is 219 Å². The van der Waals surface area contributed by atoms with Gasteiger partial charge in [-0.1, -0.05) is 240 Å². The molecule has 1 amide bonds. The number of aliphatic hydroxyl groups is 2. The molecule has 0 saturated carbocycles. The summed E-state index contributed by atoms with van der Waals surface area (Å²) in [4.78, 5) is 26.0. The maximum atomic E-state index is 13.1. The molecule has 0 bridgehead atoms. The van der Waals surface area contributed by atoms with E-state index in [1.807, 2.05) is 54.7 Å². The number of esters is 1. The van der Waals surface area contributed by atoms with E-state index in [0.717, 1.165) is 70.6 Å². The van der Waals surface area contributed by atoms with Crippen LogP contribution >= 0.6 is 0 Å². The van der Waals surface area contributed by atoms with Crippen molar-refractivity contribution in [3.63, 3.8) is 0 Å². The number of hydrogen-bond donors (Lipinski definition) is 3. The molecule has 0 fully saturated rings. The summed E-state index contributed by atoms with van der Waals surface area (Å²) in [5.74, 6) is -0.640. The molecule has 3 unspecified atom stereocenters. The highest BCUT2D eigenvalue weighted by molar-refractivity contribution is 5.77. The number of unbranched alkanes of at least 4 members (excludes halogenated alkanes) is 20. The molecule has 0 aromatic carbocycles. The van der Waals surface area contributed by atoms with E-state index in [0.29, 0.717) is 19.3 Å². The molecule has 0 aromatic rings. The van der Waals surface area contributed by atoms with E-state index in [-0.39, 0.29) is 24.9 Å². The Kier molecular flexibility index (Phi) is 43.4. The largest absolute Gasteiger partial charge is 0.461 e. The molecular weight excluding hydrogens is 731 g/mol. The number of hydrogen-bond acceptors (Lipinski definition) is 5. The summed E-state index contributed by atoms with van der Waals surface area (Å²) in [6.07, 6.45) is 60.6. The first-order valence-corrected chi connectivity index (χ1v) is 24.1. The van der Waals surface area contributed by atoms with Crippen LogP contribution in [0.1, 0.15) is 201 Å². The Morgan fingerprint density at radius 3 is 1.44 bits per heavy atom. The van der Waals surface area contributed by atoms with Crippen molar-refractivity contribution in [3.05, 3.63) is 97.2 Å². The van der Waals surface area contributed by atoms with Crippen molar-refractivity contribution in [1.82, 2.24) is 5.32 Å². The van der Waals surface area contributed by atoms with E-state index < -0.39 is 18.2 Å². The van der Waals surface area contributed by atoms with E-state index >= 15 is 0 Å². The monoisotopic (exact) mass is 820 g/mol. The number of carbonyl (C=O) groups is 2. The van der Waals surface area contributed by atoms with Crippen LogP contribution < -0.4 is 5.32 Å². The molecule has 0 aliphatic heterocycles. The highest BCUT2D eigenvalue weighted by atomic mass is 16.5. The van der Waals surface area contributed by atoms with E-state index in [1.54, 1.807) is 0 Å². The summed E-state index contributed by atoms with van der Waals surface area (Å²) >= 11 is 0. The number of ether oxygens (including phenoxy) is 1. The quantitative estimate of drug-likeness (QED) is 0.0324. The van der Waals surface area contributed by atoms with Crippen molar-refractivity contribution in [2.24, 2.45) is 0 Å². The van der Waals surface area contributed by atoms with Crippen molar-refractivity contribution in [2.75, 3.05) is 6.61 Å². The van der Waals surface area contributed by atoms with Gasteiger partial charge in [-0.25, -0.2) is 0 Å². The van der Waals surface area contributed by atoms with Crippen LogP contribution in [0.2, 0.25) is 0 Å². The molecule has 0 heterocycles. The molecule has 0 rings (SSSR count). The van der Waals surface area contributed by atoms with Crippen LogP contribution in [0.4, 0.5) is 0 Å². The van der Waals surface area contributed by atoms with Crippen LogP contribution in [0.25, 0.3) is 0 Å². The third kappa shape index (κ3) is 41.3. The molecule has 0 radical (unpaired) electrons. The predicted molar refractivity (Wildman–Crippen MR) is 254 cm³/mol. The number of allylic oxidation sites excluding steroid dienone is 15. The average Bonchev–Trinajstić information content (AvgIpc) is 3.23. The number of rotatable bonds is 41. The lowest BCUT2D eigenvalue weighted by molar-refractivity contribution is -0.150. The molecule has 336 valence electrons. The molecule has 0 aliphatic rings. The van der Waals surface area contributed by atoms with E-state index in [9.17, 15) is 19.8 Å². The Morgan fingerprint density at radius 2 is 0.949 bits per heavy atom. The summed E-state index contributed by atoms with van der Waals surface area (Å²) in [7, 11) is 0. The topological polar surface area (TPSA) is 95.9 Å². The molecule has 6 nitrogen and oxygen atoms in total. The Labute approximate surface area is 363 Å². The first-order valence-electron chi connectivity index (χ1n) is 24.1. The Hall–Kier alpha value is -3.22. The summed E-state index contributed by atoms with van der Waals surface area (Å²) < 4.78 is 5.81. The molecule has 0 aromatic heterocycles. The zero-order chi connectivity index (χ0) is 43.1. The smallest absolute Gasteiger partial charge is 0.306 e. The average molecular weight is 820 g/mol. The zero-order valence-corrected chi connectivity index (χ0v) is 38.1. The van der Waals surface area contributed by atoms with Crippen LogP contribution in [-0.4, -0.2) is 46.9 Å². The van der Waals surface area contributed by atoms with Gasteiger partial charge in [0.25, 0.3) is 0 Å². The molecule has 3 N–H and O–H groups in total. The second-order valence-corrected chi connectivity index (χ2v) is 15.9. The van der Waals surface area contributed by atoms with Crippen LogP contribution in [0, 0.1) is 0 Å². The predicted octanol–water partition coefficient (Wildman–Crippen LogP) is 14.2. The molecule has 6 heteroatoms. The third-order valence-corrected chi connectivity index (χ3v) is 10.3. The van der Waals surface area contributed by atoms with Gasteiger partial charge >= 0.3 is 5.97 Å². The van der Waals surface area contributed by atoms with Gasteiger partial charge in [0.2, 0.25) is 5.91 Å². The van der Waals surface area contributed by atoms with Crippen molar-refractivity contribution in [1.29, 1.82) is 0 Å². The fourth-order valence-corrected chi connectivity index (χ4v) is 6.74. The fraction of sp³-hybridized carbons (Fsp3) is 0.660. The second-order valence-electron chi connectivity index (χ2n) is 15.9. The molecular formula is C53H89NO5. The van der Waals surface area contributed by atoms with Crippen molar-refractivity contribution >= 4 is 11.9 Å². The van der Waals surface area contributed by atoms with Gasteiger partial charge in [-0.05, 0) is 38.5 Å². The van der Waals surface area contributed by atoms with Gasteiger partial charge in [0.15, 0.2) is 0 Å². The lowest BCUT2D eigenvalue weighted by atomic mass is 10.0. The minimum atomic E-state index is -0.826. The minimum Gasteiger partial charge on any atom is -0.461 e. The van der Waals surface area contributed by atoms with Gasteiger partial charge in [-0.15, -0.1) is 0 Å². The van der Waals surface area contributed by atoms with Crippen LogP contribution in [0.5, 0.6) is 0 Å². The van der Waals surface area contributed by atoms with Gasteiger partial charge in [0.05, 0.1) is 25.2 Å². The van der Waals surface area contributed by atoms with Gasteiger partial charge in [-0.2, -0.15) is 0 Å². The maximum absolute atomic E-state index is 13.1. The maximum Gasteiger partial charge on any atom is 0.306 e. The lowest BCUT2D eigenvalue weighted by Gasteiger charge is -2.24. The van der Waals surface area contributed by atoms with E-state index in [1.165, 1.54) is 83.5 Å². The van der Waals surface area contributed by atoms with E-state index in [2.05, 4.69) is 68.6 Å². The van der Waals surface area contributed by atoms with Crippen LogP contribution in [0.15, 0.2) is 97.2 Å². The summed E-state index contributed by atoms with van der Waals surface area (Å²) in [5.41, 5.74) is 0. The molecule has 0 spiro atoms.